The van der Waals surface area contributed by atoms with Crippen LogP contribution in [0.5, 0.6) is 5.75 Å². The summed E-state index contributed by atoms with van der Waals surface area (Å²) in [4.78, 5) is 0. The molecule has 96 valence electrons. The summed E-state index contributed by atoms with van der Waals surface area (Å²) in [6.45, 7) is 6.28. The van der Waals surface area contributed by atoms with E-state index < -0.39 is 0 Å². The van der Waals surface area contributed by atoms with Gasteiger partial charge in [0.05, 0.1) is 6.10 Å². The number of benzene rings is 1. The summed E-state index contributed by atoms with van der Waals surface area (Å²) in [6, 6.07) is 8.82. The molecule has 0 amide bonds. The van der Waals surface area contributed by atoms with Crippen LogP contribution >= 0.6 is 11.8 Å². The molecule has 17 heavy (non-hydrogen) atoms. The highest BCUT2D eigenvalue weighted by Crippen LogP contribution is 2.21. The molecule has 2 nitrogen and oxygen atoms in total. The van der Waals surface area contributed by atoms with Crippen LogP contribution in [0.2, 0.25) is 0 Å². The van der Waals surface area contributed by atoms with Crippen molar-refractivity contribution in [2.75, 3.05) is 18.6 Å². The first kappa shape index (κ1) is 14.4. The summed E-state index contributed by atoms with van der Waals surface area (Å²) in [6.07, 6.45) is 0.233. The molecule has 1 unspecified atom stereocenters. The Morgan fingerprint density at radius 2 is 1.88 bits per heavy atom. The van der Waals surface area contributed by atoms with Gasteiger partial charge < -0.3 is 10.1 Å². The zero-order chi connectivity index (χ0) is 12.7. The van der Waals surface area contributed by atoms with Crippen molar-refractivity contribution in [1.29, 1.82) is 0 Å². The van der Waals surface area contributed by atoms with Crippen LogP contribution in [-0.4, -0.2) is 24.7 Å². The second kappa shape index (κ2) is 7.62. The Balaban J connectivity index is 2.64. The van der Waals surface area contributed by atoms with Crippen LogP contribution in [0.1, 0.15) is 32.4 Å². The molecule has 0 saturated carbocycles. The molecule has 0 aliphatic heterocycles. The molecule has 0 spiro atoms. The molecule has 0 heterocycles. The molecule has 3 heteroatoms. The number of hydrogen-bond acceptors (Lipinski definition) is 3. The van der Waals surface area contributed by atoms with Gasteiger partial charge in [0.25, 0.3) is 0 Å². The van der Waals surface area contributed by atoms with Crippen LogP contribution < -0.4 is 10.1 Å². The summed E-state index contributed by atoms with van der Waals surface area (Å²) < 4.78 is 5.64. The lowest BCUT2D eigenvalue weighted by Crippen LogP contribution is -2.18. The van der Waals surface area contributed by atoms with E-state index in [0.717, 1.165) is 17.3 Å². The van der Waals surface area contributed by atoms with Crippen LogP contribution in [-0.2, 0) is 0 Å². The van der Waals surface area contributed by atoms with Crippen molar-refractivity contribution < 1.29 is 4.74 Å². The lowest BCUT2D eigenvalue weighted by Gasteiger charge is -2.17. The fourth-order valence-corrected chi connectivity index (χ4v) is 2.46. The van der Waals surface area contributed by atoms with E-state index in [2.05, 4.69) is 36.5 Å². The molecule has 0 saturated heterocycles. The van der Waals surface area contributed by atoms with Crippen LogP contribution in [0.3, 0.4) is 0 Å². The van der Waals surface area contributed by atoms with Crippen molar-refractivity contribution in [3.8, 4) is 5.75 Å². The Bertz CT molecular complexity index is 311. The fraction of sp³-hybridized carbons (Fsp3) is 0.571. The Kier molecular flexibility index (Phi) is 6.45. The van der Waals surface area contributed by atoms with Gasteiger partial charge in [0, 0.05) is 11.8 Å². The first-order chi connectivity index (χ1) is 8.17. The van der Waals surface area contributed by atoms with E-state index in [1.807, 2.05) is 32.7 Å². The summed E-state index contributed by atoms with van der Waals surface area (Å²) in [5.41, 5.74) is 1.32. The summed E-state index contributed by atoms with van der Waals surface area (Å²) in [7, 11) is 2.01. The predicted molar refractivity (Wildman–Crippen MR) is 77.0 cm³/mol. The molecule has 0 fully saturated rings. The third kappa shape index (κ3) is 5.00. The van der Waals surface area contributed by atoms with E-state index in [1.165, 1.54) is 5.56 Å². The minimum absolute atomic E-state index is 0.233. The third-order valence-electron chi connectivity index (χ3n) is 2.49. The monoisotopic (exact) mass is 253 g/mol. The number of ether oxygens (including phenoxy) is 1. The maximum Gasteiger partial charge on any atom is 0.119 e. The van der Waals surface area contributed by atoms with Crippen molar-refractivity contribution in [3.05, 3.63) is 29.8 Å². The summed E-state index contributed by atoms with van der Waals surface area (Å²) >= 11 is 1.96. The largest absolute Gasteiger partial charge is 0.491 e. The minimum Gasteiger partial charge on any atom is -0.491 e. The molecule has 0 aliphatic carbocycles. The van der Waals surface area contributed by atoms with Gasteiger partial charge in [0.1, 0.15) is 5.75 Å². The molecule has 0 aliphatic rings. The Labute approximate surface area is 109 Å². The maximum absolute atomic E-state index is 5.64. The van der Waals surface area contributed by atoms with Crippen molar-refractivity contribution in [3.63, 3.8) is 0 Å². The van der Waals surface area contributed by atoms with E-state index >= 15 is 0 Å². The highest BCUT2D eigenvalue weighted by molar-refractivity contribution is 7.99. The van der Waals surface area contributed by atoms with E-state index in [4.69, 9.17) is 4.74 Å². The van der Waals surface area contributed by atoms with Gasteiger partial charge in [-0.15, -0.1) is 0 Å². The van der Waals surface area contributed by atoms with Crippen molar-refractivity contribution in [2.24, 2.45) is 0 Å². The second-order valence-corrected chi connectivity index (χ2v) is 5.56. The first-order valence-corrected chi connectivity index (χ1v) is 7.34. The van der Waals surface area contributed by atoms with Gasteiger partial charge in [0.15, 0.2) is 0 Å². The molecule has 0 radical (unpaired) electrons. The van der Waals surface area contributed by atoms with E-state index in [-0.39, 0.29) is 6.10 Å². The molecule has 1 aromatic rings. The van der Waals surface area contributed by atoms with Crippen LogP contribution in [0, 0.1) is 0 Å². The minimum atomic E-state index is 0.233. The van der Waals surface area contributed by atoms with Crippen molar-refractivity contribution >= 4 is 11.8 Å². The number of nitrogens with one attached hydrogen (secondary N) is 1. The van der Waals surface area contributed by atoms with Gasteiger partial charge in [-0.1, -0.05) is 19.1 Å². The van der Waals surface area contributed by atoms with Crippen LogP contribution in [0.15, 0.2) is 24.3 Å². The van der Waals surface area contributed by atoms with Gasteiger partial charge in [-0.3, -0.25) is 0 Å². The van der Waals surface area contributed by atoms with Crippen LogP contribution in [0.25, 0.3) is 0 Å². The fourth-order valence-electron chi connectivity index (χ4n) is 1.63. The Morgan fingerprint density at radius 1 is 1.24 bits per heavy atom. The normalized spacial score (nSPS) is 12.8. The Morgan fingerprint density at radius 3 is 2.35 bits per heavy atom. The predicted octanol–water partition coefficient (Wildman–Crippen LogP) is 3.49. The van der Waals surface area contributed by atoms with Gasteiger partial charge in [-0.2, -0.15) is 11.8 Å². The summed E-state index contributed by atoms with van der Waals surface area (Å²) in [5, 5.41) is 3.35. The lowest BCUT2D eigenvalue weighted by atomic mass is 10.1. The van der Waals surface area contributed by atoms with Gasteiger partial charge in [0.2, 0.25) is 0 Å². The zero-order valence-electron chi connectivity index (χ0n) is 11.2. The highest BCUT2D eigenvalue weighted by atomic mass is 32.2. The molecular formula is C14H23NOS. The number of hydrogen-bond donors (Lipinski definition) is 1. The molecule has 1 N–H and O–H groups in total. The zero-order valence-corrected chi connectivity index (χ0v) is 12.0. The molecule has 0 aromatic heterocycles. The van der Waals surface area contributed by atoms with Crippen LogP contribution in [0.4, 0.5) is 0 Å². The maximum atomic E-state index is 5.64. The van der Waals surface area contributed by atoms with Gasteiger partial charge in [-0.25, -0.2) is 0 Å². The molecule has 0 bridgehead atoms. The topological polar surface area (TPSA) is 21.3 Å². The SMILES string of the molecule is CCSCC(NC)c1ccc(OC(C)C)cc1. The molecule has 1 rings (SSSR count). The summed E-state index contributed by atoms with van der Waals surface area (Å²) in [5.74, 6) is 3.21. The average molecular weight is 253 g/mol. The second-order valence-electron chi connectivity index (χ2n) is 4.24. The highest BCUT2D eigenvalue weighted by Gasteiger charge is 2.08. The van der Waals surface area contributed by atoms with Crippen molar-refractivity contribution in [1.82, 2.24) is 5.32 Å². The van der Waals surface area contributed by atoms with Gasteiger partial charge >= 0.3 is 0 Å². The third-order valence-corrected chi connectivity index (χ3v) is 3.47. The smallest absolute Gasteiger partial charge is 0.119 e. The van der Waals surface area contributed by atoms with E-state index in [1.54, 1.807) is 0 Å². The quantitative estimate of drug-likeness (QED) is 0.804. The number of rotatable bonds is 7. The standard InChI is InChI=1S/C14H23NOS/c1-5-17-10-14(15-4)12-6-8-13(9-7-12)16-11(2)3/h6-9,11,14-15H,5,10H2,1-4H3. The first-order valence-electron chi connectivity index (χ1n) is 6.19. The Hall–Kier alpha value is -0.670. The number of thioether (sulfide) groups is 1. The van der Waals surface area contributed by atoms with E-state index in [9.17, 15) is 0 Å². The van der Waals surface area contributed by atoms with Crippen molar-refractivity contribution in [2.45, 2.75) is 32.9 Å². The molecule has 1 atom stereocenters. The van der Waals surface area contributed by atoms with E-state index in [0.29, 0.717) is 6.04 Å². The lowest BCUT2D eigenvalue weighted by molar-refractivity contribution is 0.242. The molecular weight excluding hydrogens is 230 g/mol. The molecule has 1 aromatic carbocycles. The average Bonchev–Trinajstić information content (AvgIpc) is 2.31. The van der Waals surface area contributed by atoms with Gasteiger partial charge in [-0.05, 0) is 44.3 Å².